The van der Waals surface area contributed by atoms with E-state index < -0.39 is 0 Å². The normalized spacial score (nSPS) is 12.3. The van der Waals surface area contributed by atoms with E-state index in [0.29, 0.717) is 5.56 Å². The molecule has 19 heavy (non-hydrogen) atoms. The molecule has 0 heterocycles. The molecule has 1 N–H and O–H groups in total. The predicted octanol–water partition coefficient (Wildman–Crippen LogP) is 5.38. The number of benzene rings is 2. The predicted molar refractivity (Wildman–Crippen MR) is 82.1 cm³/mol. The molecule has 0 aliphatic rings. The number of hydrogen-bond donors (Lipinski definition) is 1. The molecule has 1 unspecified atom stereocenters. The largest absolute Gasteiger partial charge is 0.378 e. The Bertz CT molecular complexity index is 595. The van der Waals surface area contributed by atoms with Crippen LogP contribution in [0.25, 0.3) is 0 Å². The summed E-state index contributed by atoms with van der Waals surface area (Å²) in [5.41, 5.74) is 3.85. The van der Waals surface area contributed by atoms with Crippen LogP contribution in [-0.2, 0) is 0 Å². The summed E-state index contributed by atoms with van der Waals surface area (Å²) in [4.78, 5) is 0. The van der Waals surface area contributed by atoms with Crippen LogP contribution < -0.4 is 5.32 Å². The highest BCUT2D eigenvalue weighted by atomic mass is 79.9. The monoisotopic (exact) mass is 321 g/mol. The lowest BCUT2D eigenvalue weighted by Crippen LogP contribution is -2.08. The second-order valence-electron chi connectivity index (χ2n) is 4.83. The molecular formula is C16H17BrFN. The number of aryl methyl sites for hydroxylation is 2. The molecule has 0 spiro atoms. The first-order valence-corrected chi connectivity index (χ1v) is 7.05. The summed E-state index contributed by atoms with van der Waals surface area (Å²) in [6.45, 7) is 5.86. The number of halogens is 2. The lowest BCUT2D eigenvalue weighted by Gasteiger charge is -2.18. The quantitative estimate of drug-likeness (QED) is 0.800. The van der Waals surface area contributed by atoms with E-state index in [0.717, 1.165) is 15.7 Å². The van der Waals surface area contributed by atoms with Crippen LogP contribution in [0, 0.1) is 19.7 Å². The Kier molecular flexibility index (Phi) is 4.25. The minimum absolute atomic E-state index is 0.0584. The van der Waals surface area contributed by atoms with Gasteiger partial charge in [-0.15, -0.1) is 0 Å². The lowest BCUT2D eigenvalue weighted by molar-refractivity contribution is 0.614. The summed E-state index contributed by atoms with van der Waals surface area (Å²) in [7, 11) is 0. The Morgan fingerprint density at radius 1 is 1.05 bits per heavy atom. The summed E-state index contributed by atoms with van der Waals surface area (Å²) in [5, 5.41) is 3.42. The zero-order valence-corrected chi connectivity index (χ0v) is 12.9. The Morgan fingerprint density at radius 2 is 1.74 bits per heavy atom. The number of rotatable bonds is 3. The topological polar surface area (TPSA) is 12.0 Å². The van der Waals surface area contributed by atoms with Gasteiger partial charge in [-0.2, -0.15) is 0 Å². The molecule has 2 aromatic rings. The fourth-order valence-corrected chi connectivity index (χ4v) is 2.31. The SMILES string of the molecule is Cc1ccc(C(C)Nc2cc(Br)ccc2C)cc1F. The van der Waals surface area contributed by atoms with Crippen molar-refractivity contribution < 1.29 is 4.39 Å². The van der Waals surface area contributed by atoms with Gasteiger partial charge in [0.1, 0.15) is 5.82 Å². The molecule has 2 aromatic carbocycles. The third-order valence-corrected chi connectivity index (χ3v) is 3.76. The van der Waals surface area contributed by atoms with Gasteiger partial charge in [-0.1, -0.05) is 34.1 Å². The summed E-state index contributed by atoms with van der Waals surface area (Å²) >= 11 is 3.46. The zero-order chi connectivity index (χ0) is 14.0. The Morgan fingerprint density at radius 3 is 2.42 bits per heavy atom. The molecule has 0 amide bonds. The number of hydrogen-bond acceptors (Lipinski definition) is 1. The molecule has 100 valence electrons. The molecule has 0 fully saturated rings. The van der Waals surface area contributed by atoms with Gasteiger partial charge in [0.15, 0.2) is 0 Å². The van der Waals surface area contributed by atoms with Crippen molar-refractivity contribution in [2.75, 3.05) is 5.32 Å². The third kappa shape index (κ3) is 3.35. The van der Waals surface area contributed by atoms with Gasteiger partial charge < -0.3 is 5.32 Å². The number of anilines is 1. The first kappa shape index (κ1) is 14.1. The minimum Gasteiger partial charge on any atom is -0.378 e. The van der Waals surface area contributed by atoms with Gasteiger partial charge in [-0.25, -0.2) is 4.39 Å². The van der Waals surface area contributed by atoms with Crippen LogP contribution >= 0.6 is 15.9 Å². The average molecular weight is 322 g/mol. The van der Waals surface area contributed by atoms with E-state index in [1.54, 1.807) is 13.0 Å². The van der Waals surface area contributed by atoms with Gasteiger partial charge in [0.2, 0.25) is 0 Å². The molecule has 0 aliphatic carbocycles. The molecule has 0 bridgehead atoms. The van der Waals surface area contributed by atoms with Crippen LogP contribution in [0.4, 0.5) is 10.1 Å². The van der Waals surface area contributed by atoms with E-state index in [-0.39, 0.29) is 11.9 Å². The van der Waals surface area contributed by atoms with E-state index in [1.807, 2.05) is 31.2 Å². The second kappa shape index (κ2) is 5.74. The first-order chi connectivity index (χ1) is 8.97. The van der Waals surface area contributed by atoms with Crippen LogP contribution in [-0.4, -0.2) is 0 Å². The van der Waals surface area contributed by atoms with Crippen molar-refractivity contribution >= 4 is 21.6 Å². The molecule has 1 nitrogen and oxygen atoms in total. The van der Waals surface area contributed by atoms with E-state index in [9.17, 15) is 4.39 Å². The average Bonchev–Trinajstić information content (AvgIpc) is 2.37. The molecule has 2 rings (SSSR count). The first-order valence-electron chi connectivity index (χ1n) is 6.26. The fourth-order valence-electron chi connectivity index (χ4n) is 1.94. The summed E-state index contributed by atoms with van der Waals surface area (Å²) in [6.07, 6.45) is 0. The molecule has 0 saturated heterocycles. The Hall–Kier alpha value is -1.35. The van der Waals surface area contributed by atoms with Crippen molar-refractivity contribution in [1.82, 2.24) is 0 Å². The highest BCUT2D eigenvalue weighted by molar-refractivity contribution is 9.10. The van der Waals surface area contributed by atoms with Crippen LogP contribution in [0.2, 0.25) is 0 Å². The summed E-state index contributed by atoms with van der Waals surface area (Å²) < 4.78 is 14.6. The van der Waals surface area contributed by atoms with Crippen molar-refractivity contribution in [1.29, 1.82) is 0 Å². The summed E-state index contributed by atoms with van der Waals surface area (Å²) in [6, 6.07) is 11.5. The molecular weight excluding hydrogens is 305 g/mol. The van der Waals surface area contributed by atoms with Gasteiger partial charge >= 0.3 is 0 Å². The minimum atomic E-state index is -0.155. The van der Waals surface area contributed by atoms with Crippen LogP contribution in [0.1, 0.15) is 29.7 Å². The molecule has 1 atom stereocenters. The van der Waals surface area contributed by atoms with Crippen molar-refractivity contribution in [2.24, 2.45) is 0 Å². The standard InChI is InChI=1S/C16H17BrFN/c1-10-4-6-13(8-15(10)18)12(3)19-16-9-14(17)7-5-11(16)2/h4-9,12,19H,1-3H3. The molecule has 0 saturated carbocycles. The highest BCUT2D eigenvalue weighted by Gasteiger charge is 2.09. The van der Waals surface area contributed by atoms with Gasteiger partial charge in [0.25, 0.3) is 0 Å². The smallest absolute Gasteiger partial charge is 0.126 e. The Balaban J connectivity index is 2.22. The van der Waals surface area contributed by atoms with Crippen molar-refractivity contribution in [2.45, 2.75) is 26.8 Å². The second-order valence-corrected chi connectivity index (χ2v) is 5.75. The van der Waals surface area contributed by atoms with Crippen molar-refractivity contribution in [3.63, 3.8) is 0 Å². The van der Waals surface area contributed by atoms with Crippen LogP contribution in [0.5, 0.6) is 0 Å². The molecule has 3 heteroatoms. The zero-order valence-electron chi connectivity index (χ0n) is 11.3. The molecule has 0 aliphatic heterocycles. The van der Waals surface area contributed by atoms with E-state index in [2.05, 4.69) is 34.2 Å². The fraction of sp³-hybridized carbons (Fsp3) is 0.250. The maximum absolute atomic E-state index is 13.6. The van der Waals surface area contributed by atoms with Gasteiger partial charge in [-0.3, -0.25) is 0 Å². The maximum atomic E-state index is 13.6. The van der Waals surface area contributed by atoms with Gasteiger partial charge in [0.05, 0.1) is 0 Å². The van der Waals surface area contributed by atoms with E-state index >= 15 is 0 Å². The van der Waals surface area contributed by atoms with Crippen LogP contribution in [0.15, 0.2) is 40.9 Å². The van der Waals surface area contributed by atoms with Gasteiger partial charge in [-0.05, 0) is 55.7 Å². The highest BCUT2D eigenvalue weighted by Crippen LogP contribution is 2.26. The van der Waals surface area contributed by atoms with Crippen molar-refractivity contribution in [3.05, 3.63) is 63.4 Å². The maximum Gasteiger partial charge on any atom is 0.126 e. The molecule has 0 aromatic heterocycles. The van der Waals surface area contributed by atoms with Gasteiger partial charge in [0, 0.05) is 16.2 Å². The summed E-state index contributed by atoms with van der Waals surface area (Å²) in [5.74, 6) is -0.155. The van der Waals surface area contributed by atoms with Crippen molar-refractivity contribution in [3.8, 4) is 0 Å². The van der Waals surface area contributed by atoms with E-state index in [1.165, 1.54) is 5.56 Å². The lowest BCUT2D eigenvalue weighted by atomic mass is 10.1. The molecule has 0 radical (unpaired) electrons. The van der Waals surface area contributed by atoms with Crippen LogP contribution in [0.3, 0.4) is 0 Å². The Labute approximate surface area is 122 Å². The number of nitrogens with one attached hydrogen (secondary N) is 1. The third-order valence-electron chi connectivity index (χ3n) is 3.27. The van der Waals surface area contributed by atoms with E-state index in [4.69, 9.17) is 0 Å².